The van der Waals surface area contributed by atoms with E-state index in [-0.39, 0.29) is 35.8 Å². The van der Waals surface area contributed by atoms with Crippen molar-refractivity contribution in [3.05, 3.63) is 94.6 Å². The third-order valence-corrected chi connectivity index (χ3v) is 8.42. The second-order valence-electron chi connectivity index (χ2n) is 11.2. The average Bonchev–Trinajstić information content (AvgIpc) is 3.02. The standard InChI is InChI=1S/C35H37FN2O5/c1-3-4-7-22-10-12-23(13-11-22)35(39)42-26-15-16-27-31(19-26)43-34(38)28(20-37)33(27)24-14-17-30(32(18-24)40-2)41-21-25-8-5-6-9-29(25)36/h5-6,8-9,14-19,22-23,33H,3-4,7,10-13,21,38H2,1-2H3. The number of fused-ring (bicyclic) bond motifs is 1. The maximum absolute atomic E-state index is 14.1. The molecular weight excluding hydrogens is 547 g/mol. The van der Waals surface area contributed by atoms with Crippen molar-refractivity contribution in [2.45, 2.75) is 64.4 Å². The summed E-state index contributed by atoms with van der Waals surface area (Å²) in [5.74, 6) is 1.09. The van der Waals surface area contributed by atoms with Gasteiger partial charge in [-0.1, -0.05) is 56.5 Å². The second-order valence-corrected chi connectivity index (χ2v) is 11.2. The van der Waals surface area contributed by atoms with E-state index < -0.39 is 5.92 Å². The molecule has 2 aliphatic rings. The smallest absolute Gasteiger partial charge is 0.314 e. The fraction of sp³-hybridized carbons (Fsp3) is 0.371. The molecule has 0 amide bonds. The van der Waals surface area contributed by atoms with E-state index in [4.69, 9.17) is 24.7 Å². The normalized spacial score (nSPS) is 19.5. The molecule has 0 saturated heterocycles. The first-order chi connectivity index (χ1) is 20.9. The van der Waals surface area contributed by atoms with Gasteiger partial charge in [-0.15, -0.1) is 0 Å². The van der Waals surface area contributed by atoms with Crippen LogP contribution >= 0.6 is 0 Å². The number of methoxy groups -OCH3 is 1. The molecule has 1 unspecified atom stereocenters. The van der Waals surface area contributed by atoms with Gasteiger partial charge in [0.15, 0.2) is 11.5 Å². The number of hydrogen-bond acceptors (Lipinski definition) is 7. The largest absolute Gasteiger partial charge is 0.493 e. The number of nitrogens with zero attached hydrogens (tertiary/aromatic N) is 1. The van der Waals surface area contributed by atoms with Crippen molar-refractivity contribution in [3.63, 3.8) is 0 Å². The Morgan fingerprint density at radius 3 is 2.58 bits per heavy atom. The number of nitrogens with two attached hydrogens (primary N) is 1. The van der Waals surface area contributed by atoms with Crippen molar-refractivity contribution in [3.8, 4) is 29.1 Å². The first-order valence-electron chi connectivity index (χ1n) is 14.9. The Labute approximate surface area is 252 Å². The lowest BCUT2D eigenvalue weighted by Crippen LogP contribution is -2.26. The first kappa shape index (κ1) is 30.0. The third kappa shape index (κ3) is 6.77. The molecule has 5 rings (SSSR count). The van der Waals surface area contributed by atoms with E-state index in [9.17, 15) is 14.4 Å². The lowest BCUT2D eigenvalue weighted by Gasteiger charge is -2.28. The van der Waals surface area contributed by atoms with E-state index in [1.54, 1.807) is 48.5 Å². The molecule has 1 aliphatic carbocycles. The quantitative estimate of drug-likeness (QED) is 0.194. The number of nitriles is 1. The minimum Gasteiger partial charge on any atom is -0.493 e. The van der Waals surface area contributed by atoms with Crippen molar-refractivity contribution in [1.82, 2.24) is 0 Å². The van der Waals surface area contributed by atoms with Crippen LogP contribution in [0.4, 0.5) is 4.39 Å². The van der Waals surface area contributed by atoms with E-state index >= 15 is 0 Å². The Morgan fingerprint density at radius 1 is 1.07 bits per heavy atom. The van der Waals surface area contributed by atoms with Crippen LogP contribution in [-0.2, 0) is 11.4 Å². The highest BCUT2D eigenvalue weighted by Gasteiger charge is 2.33. The van der Waals surface area contributed by atoms with Crippen LogP contribution in [0, 0.1) is 29.0 Å². The molecule has 0 radical (unpaired) electrons. The number of rotatable bonds is 10. The molecule has 8 heteroatoms. The molecule has 0 spiro atoms. The van der Waals surface area contributed by atoms with Gasteiger partial charge >= 0.3 is 5.97 Å². The molecule has 3 aromatic rings. The number of carbonyl (C=O) groups excluding carboxylic acids is 1. The SMILES string of the molecule is CCCCC1CCC(C(=O)Oc2ccc3c(c2)OC(N)=C(C#N)C3c2ccc(OCc3ccccc3F)c(OC)c2)CC1. The summed E-state index contributed by atoms with van der Waals surface area (Å²) in [6, 6.07) is 19.1. The highest BCUT2D eigenvalue weighted by molar-refractivity contribution is 5.75. The number of benzene rings is 3. The van der Waals surface area contributed by atoms with Crippen molar-refractivity contribution in [2.24, 2.45) is 17.6 Å². The van der Waals surface area contributed by atoms with E-state index in [0.717, 1.165) is 31.2 Å². The van der Waals surface area contributed by atoms with Crippen LogP contribution in [0.5, 0.6) is 23.0 Å². The van der Waals surface area contributed by atoms with Crippen molar-refractivity contribution in [2.75, 3.05) is 7.11 Å². The summed E-state index contributed by atoms with van der Waals surface area (Å²) in [4.78, 5) is 13.0. The van der Waals surface area contributed by atoms with E-state index in [2.05, 4.69) is 13.0 Å². The summed E-state index contributed by atoms with van der Waals surface area (Å²) in [7, 11) is 1.51. The van der Waals surface area contributed by atoms with Gasteiger partial charge in [-0.05, 0) is 61.4 Å². The van der Waals surface area contributed by atoms with Gasteiger partial charge in [0.25, 0.3) is 0 Å². The van der Waals surface area contributed by atoms with Crippen LogP contribution in [0.25, 0.3) is 0 Å². The molecule has 2 N–H and O–H groups in total. The summed E-state index contributed by atoms with van der Waals surface area (Å²) in [5, 5.41) is 9.99. The Balaban J connectivity index is 1.34. The van der Waals surface area contributed by atoms with Gasteiger partial charge in [0, 0.05) is 17.2 Å². The van der Waals surface area contributed by atoms with Crippen LogP contribution in [0.2, 0.25) is 0 Å². The molecule has 43 heavy (non-hydrogen) atoms. The predicted octanol–water partition coefficient (Wildman–Crippen LogP) is 7.53. The Bertz CT molecular complexity index is 1540. The van der Waals surface area contributed by atoms with Crippen LogP contribution < -0.4 is 24.7 Å². The molecule has 0 bridgehead atoms. The second kappa shape index (κ2) is 13.6. The van der Waals surface area contributed by atoms with Gasteiger partial charge in [-0.3, -0.25) is 4.79 Å². The molecule has 1 atom stereocenters. The molecule has 3 aromatic carbocycles. The zero-order chi connectivity index (χ0) is 30.3. The molecule has 1 saturated carbocycles. The third-order valence-electron chi connectivity index (χ3n) is 8.42. The maximum atomic E-state index is 14.1. The number of esters is 1. The minimum atomic E-state index is -0.550. The van der Waals surface area contributed by atoms with Gasteiger partial charge in [-0.2, -0.15) is 5.26 Å². The minimum absolute atomic E-state index is 0.0206. The lowest BCUT2D eigenvalue weighted by molar-refractivity contribution is -0.140. The van der Waals surface area contributed by atoms with E-state index in [1.807, 2.05) is 6.07 Å². The Morgan fingerprint density at radius 2 is 1.86 bits per heavy atom. The van der Waals surface area contributed by atoms with E-state index in [0.29, 0.717) is 40.0 Å². The topological polar surface area (TPSA) is 104 Å². The molecule has 1 aliphatic heterocycles. The monoisotopic (exact) mass is 584 g/mol. The number of carbonyl (C=O) groups is 1. The molecule has 224 valence electrons. The van der Waals surface area contributed by atoms with Gasteiger partial charge < -0.3 is 24.7 Å². The highest BCUT2D eigenvalue weighted by Crippen LogP contribution is 2.45. The highest BCUT2D eigenvalue weighted by atomic mass is 19.1. The van der Waals surface area contributed by atoms with Gasteiger partial charge in [-0.25, -0.2) is 4.39 Å². The number of halogens is 1. The first-order valence-corrected chi connectivity index (χ1v) is 14.9. The molecular formula is C35H37FN2O5. The number of allylic oxidation sites excluding steroid dienone is 1. The fourth-order valence-corrected chi connectivity index (χ4v) is 5.98. The molecule has 7 nitrogen and oxygen atoms in total. The summed E-state index contributed by atoms with van der Waals surface area (Å²) in [5.41, 5.74) is 8.31. The summed E-state index contributed by atoms with van der Waals surface area (Å²) in [6.45, 7) is 2.23. The molecule has 1 fully saturated rings. The number of hydrogen-bond donors (Lipinski definition) is 1. The van der Waals surface area contributed by atoms with Crippen molar-refractivity contribution in [1.29, 1.82) is 5.26 Å². The van der Waals surface area contributed by atoms with Crippen LogP contribution in [0.1, 0.15) is 74.5 Å². The molecule has 1 heterocycles. The Hall–Kier alpha value is -4.51. The summed E-state index contributed by atoms with van der Waals surface area (Å²) >= 11 is 0. The van der Waals surface area contributed by atoms with Crippen LogP contribution in [0.15, 0.2) is 72.1 Å². The zero-order valence-electron chi connectivity index (χ0n) is 24.6. The van der Waals surface area contributed by atoms with Crippen molar-refractivity contribution >= 4 is 5.97 Å². The lowest BCUT2D eigenvalue weighted by atomic mass is 9.80. The fourth-order valence-electron chi connectivity index (χ4n) is 5.98. The number of unbranched alkanes of at least 4 members (excludes halogenated alkanes) is 1. The average molecular weight is 585 g/mol. The van der Waals surface area contributed by atoms with Gasteiger partial charge in [0.1, 0.15) is 35.6 Å². The van der Waals surface area contributed by atoms with E-state index in [1.165, 1.54) is 32.4 Å². The van der Waals surface area contributed by atoms with Gasteiger partial charge in [0.05, 0.1) is 18.9 Å². The summed E-state index contributed by atoms with van der Waals surface area (Å²) < 4.78 is 37.2. The van der Waals surface area contributed by atoms with Crippen LogP contribution in [0.3, 0.4) is 0 Å². The molecule has 0 aromatic heterocycles. The Kier molecular flexibility index (Phi) is 9.51. The number of ether oxygens (including phenoxy) is 4. The van der Waals surface area contributed by atoms with Gasteiger partial charge in [0.2, 0.25) is 5.88 Å². The summed E-state index contributed by atoms with van der Waals surface area (Å²) in [6.07, 6.45) is 7.48. The maximum Gasteiger partial charge on any atom is 0.314 e. The predicted molar refractivity (Wildman–Crippen MR) is 160 cm³/mol. The zero-order valence-corrected chi connectivity index (χ0v) is 24.6. The van der Waals surface area contributed by atoms with Crippen LogP contribution in [-0.4, -0.2) is 13.1 Å². The van der Waals surface area contributed by atoms with Crippen molar-refractivity contribution < 1.29 is 28.1 Å².